The van der Waals surface area contributed by atoms with E-state index in [-0.39, 0.29) is 11.5 Å². The van der Waals surface area contributed by atoms with Crippen LogP contribution in [0.3, 0.4) is 0 Å². The van der Waals surface area contributed by atoms with Crippen LogP contribution in [-0.4, -0.2) is 24.8 Å². The van der Waals surface area contributed by atoms with E-state index >= 15 is 0 Å². The Hall–Kier alpha value is -0.590. The minimum atomic E-state index is -0.372. The van der Waals surface area contributed by atoms with Gasteiger partial charge in [0.15, 0.2) is 0 Å². The van der Waals surface area contributed by atoms with Crippen LogP contribution in [0, 0.1) is 16.7 Å². The summed E-state index contributed by atoms with van der Waals surface area (Å²) in [6, 6.07) is 2.38. The van der Waals surface area contributed by atoms with E-state index in [1.165, 1.54) is 0 Å². The monoisotopic (exact) mass is 182 g/mol. The summed E-state index contributed by atoms with van der Waals surface area (Å²) in [6.45, 7) is 0.587. The van der Waals surface area contributed by atoms with Crippen molar-refractivity contribution < 1.29 is 5.11 Å². The van der Waals surface area contributed by atoms with Crippen LogP contribution in [0.15, 0.2) is 0 Å². The van der Waals surface area contributed by atoms with Crippen LogP contribution in [-0.2, 0) is 0 Å². The van der Waals surface area contributed by atoms with Crippen LogP contribution < -0.4 is 5.32 Å². The van der Waals surface area contributed by atoms with E-state index in [0.29, 0.717) is 13.0 Å². The first-order chi connectivity index (χ1) is 6.22. The maximum Gasteiger partial charge on any atom is 0.0690 e. The van der Waals surface area contributed by atoms with Gasteiger partial charge in [0, 0.05) is 6.54 Å². The molecule has 1 aliphatic carbocycles. The van der Waals surface area contributed by atoms with E-state index in [4.69, 9.17) is 5.26 Å². The highest BCUT2D eigenvalue weighted by Crippen LogP contribution is 2.41. The number of aliphatic hydroxyl groups excluding tert-OH is 1. The largest absolute Gasteiger partial charge is 0.392 e. The first-order valence-electron chi connectivity index (χ1n) is 4.96. The van der Waals surface area contributed by atoms with Gasteiger partial charge in [-0.2, -0.15) is 5.26 Å². The van der Waals surface area contributed by atoms with E-state index in [0.717, 1.165) is 25.7 Å². The minimum absolute atomic E-state index is 0.226. The molecule has 0 aromatic rings. The second-order valence-electron chi connectivity index (χ2n) is 4.01. The number of nitriles is 1. The van der Waals surface area contributed by atoms with Gasteiger partial charge in [-0.25, -0.2) is 0 Å². The smallest absolute Gasteiger partial charge is 0.0690 e. The third-order valence-corrected chi connectivity index (χ3v) is 2.86. The third kappa shape index (κ3) is 2.68. The number of nitrogens with zero attached hydrogens (tertiary/aromatic N) is 1. The van der Waals surface area contributed by atoms with Gasteiger partial charge in [-0.3, -0.25) is 0 Å². The molecule has 0 unspecified atom stereocenters. The zero-order valence-electron chi connectivity index (χ0n) is 8.21. The van der Waals surface area contributed by atoms with Crippen LogP contribution in [0.4, 0.5) is 0 Å². The molecule has 0 saturated heterocycles. The molecule has 0 bridgehead atoms. The Bertz CT molecular complexity index is 192. The fourth-order valence-electron chi connectivity index (χ4n) is 2.17. The van der Waals surface area contributed by atoms with Crippen molar-refractivity contribution in [3.05, 3.63) is 0 Å². The van der Waals surface area contributed by atoms with Gasteiger partial charge in [-0.1, -0.05) is 12.8 Å². The van der Waals surface area contributed by atoms with Crippen molar-refractivity contribution in [3.8, 4) is 6.07 Å². The van der Waals surface area contributed by atoms with Crippen molar-refractivity contribution in [2.45, 2.75) is 38.2 Å². The highest BCUT2D eigenvalue weighted by Gasteiger charge is 2.35. The summed E-state index contributed by atoms with van der Waals surface area (Å²) in [5.74, 6) is 0. The Kier molecular flexibility index (Phi) is 3.71. The lowest BCUT2D eigenvalue weighted by atomic mass is 9.82. The van der Waals surface area contributed by atoms with Gasteiger partial charge in [-0.05, 0) is 26.3 Å². The predicted molar refractivity (Wildman–Crippen MR) is 51.1 cm³/mol. The van der Waals surface area contributed by atoms with E-state index in [1.807, 2.05) is 7.05 Å². The van der Waals surface area contributed by atoms with Crippen LogP contribution >= 0.6 is 0 Å². The first-order valence-corrected chi connectivity index (χ1v) is 4.96. The summed E-state index contributed by atoms with van der Waals surface area (Å²) in [7, 11) is 1.82. The SMILES string of the molecule is CNC[C@H](O)CC1(C#N)CCCC1. The molecule has 0 aliphatic heterocycles. The summed E-state index contributed by atoms with van der Waals surface area (Å²) in [4.78, 5) is 0. The molecule has 1 fully saturated rings. The lowest BCUT2D eigenvalue weighted by Crippen LogP contribution is -2.29. The number of hydrogen-bond acceptors (Lipinski definition) is 3. The standard InChI is InChI=1S/C10H18N2O/c1-12-7-9(13)6-10(8-11)4-2-3-5-10/h9,12-13H,2-7H2,1H3/t9-/m1/s1. The van der Waals surface area contributed by atoms with Crippen LogP contribution in [0.5, 0.6) is 0 Å². The fourth-order valence-corrected chi connectivity index (χ4v) is 2.17. The molecule has 0 amide bonds. The van der Waals surface area contributed by atoms with Crippen LogP contribution in [0.1, 0.15) is 32.1 Å². The molecule has 0 aromatic carbocycles. The molecule has 1 rings (SSSR count). The van der Waals surface area contributed by atoms with Crippen molar-refractivity contribution >= 4 is 0 Å². The maximum absolute atomic E-state index is 9.59. The molecule has 13 heavy (non-hydrogen) atoms. The van der Waals surface area contributed by atoms with Gasteiger partial charge in [0.1, 0.15) is 0 Å². The number of rotatable bonds is 4. The van der Waals surface area contributed by atoms with Crippen LogP contribution in [0.2, 0.25) is 0 Å². The average molecular weight is 182 g/mol. The van der Waals surface area contributed by atoms with E-state index < -0.39 is 0 Å². The van der Waals surface area contributed by atoms with Crippen molar-refractivity contribution in [1.82, 2.24) is 5.32 Å². The molecule has 1 saturated carbocycles. The van der Waals surface area contributed by atoms with Crippen LogP contribution in [0.25, 0.3) is 0 Å². The third-order valence-electron chi connectivity index (χ3n) is 2.86. The van der Waals surface area contributed by atoms with E-state index in [1.54, 1.807) is 0 Å². The summed E-state index contributed by atoms with van der Waals surface area (Å²) in [5.41, 5.74) is -0.226. The Morgan fingerprint density at radius 2 is 2.15 bits per heavy atom. The lowest BCUT2D eigenvalue weighted by Gasteiger charge is -2.23. The van der Waals surface area contributed by atoms with Gasteiger partial charge < -0.3 is 10.4 Å². The summed E-state index contributed by atoms with van der Waals surface area (Å²) >= 11 is 0. The molecule has 3 heteroatoms. The van der Waals surface area contributed by atoms with Gasteiger partial charge >= 0.3 is 0 Å². The Morgan fingerprint density at radius 3 is 2.62 bits per heavy atom. The van der Waals surface area contributed by atoms with E-state index in [9.17, 15) is 5.11 Å². The maximum atomic E-state index is 9.59. The number of nitrogens with one attached hydrogen (secondary N) is 1. The number of hydrogen-bond donors (Lipinski definition) is 2. The summed E-state index contributed by atoms with van der Waals surface area (Å²) in [6.07, 6.45) is 4.46. The predicted octanol–water partition coefficient (Wildman–Crippen LogP) is 1.04. The molecule has 0 spiro atoms. The highest BCUT2D eigenvalue weighted by molar-refractivity contribution is 5.02. The number of likely N-dealkylation sites (N-methyl/N-ethyl adjacent to an activating group) is 1. The molecule has 2 N–H and O–H groups in total. The first kappa shape index (κ1) is 10.5. The van der Waals surface area contributed by atoms with E-state index in [2.05, 4.69) is 11.4 Å². The fraction of sp³-hybridized carbons (Fsp3) is 0.900. The highest BCUT2D eigenvalue weighted by atomic mass is 16.3. The van der Waals surface area contributed by atoms with Gasteiger partial charge in [-0.15, -0.1) is 0 Å². The Labute approximate surface area is 79.8 Å². The van der Waals surface area contributed by atoms with Crippen molar-refractivity contribution in [3.63, 3.8) is 0 Å². The molecule has 74 valence electrons. The number of aliphatic hydroxyl groups is 1. The lowest BCUT2D eigenvalue weighted by molar-refractivity contribution is 0.123. The Balaban J connectivity index is 2.44. The zero-order chi connectivity index (χ0) is 9.73. The van der Waals surface area contributed by atoms with Gasteiger partial charge in [0.05, 0.1) is 17.6 Å². The molecule has 0 radical (unpaired) electrons. The average Bonchev–Trinajstić information content (AvgIpc) is 2.54. The van der Waals surface area contributed by atoms with Crippen molar-refractivity contribution in [2.75, 3.05) is 13.6 Å². The molecule has 1 atom stereocenters. The molecular weight excluding hydrogens is 164 g/mol. The zero-order valence-corrected chi connectivity index (χ0v) is 8.21. The molecule has 3 nitrogen and oxygen atoms in total. The molecule has 0 aromatic heterocycles. The molecule has 0 heterocycles. The summed E-state index contributed by atoms with van der Waals surface area (Å²) in [5, 5.41) is 21.6. The second kappa shape index (κ2) is 4.59. The molecular formula is C10H18N2O. The second-order valence-corrected chi connectivity index (χ2v) is 4.01. The normalized spacial score (nSPS) is 22.5. The quantitative estimate of drug-likeness (QED) is 0.683. The van der Waals surface area contributed by atoms with Crippen molar-refractivity contribution in [1.29, 1.82) is 5.26 Å². The summed E-state index contributed by atoms with van der Waals surface area (Å²) < 4.78 is 0. The molecule has 1 aliphatic rings. The van der Waals surface area contributed by atoms with Gasteiger partial charge in [0.2, 0.25) is 0 Å². The topological polar surface area (TPSA) is 56.0 Å². The minimum Gasteiger partial charge on any atom is -0.392 e. The Morgan fingerprint density at radius 1 is 1.54 bits per heavy atom. The van der Waals surface area contributed by atoms with Gasteiger partial charge in [0.25, 0.3) is 0 Å². The van der Waals surface area contributed by atoms with Crippen molar-refractivity contribution in [2.24, 2.45) is 5.41 Å².